The molecule has 6 nitrogen and oxygen atoms in total. The molecule has 5 rings (SSSR count). The minimum Gasteiger partial charge on any atom is -0.507 e. The number of fused-ring (bicyclic) bond motifs is 3. The third kappa shape index (κ3) is 3.30. The molecule has 33 heavy (non-hydrogen) atoms. The van der Waals surface area contributed by atoms with E-state index in [1.54, 1.807) is 18.2 Å². The van der Waals surface area contributed by atoms with Gasteiger partial charge >= 0.3 is 5.97 Å². The SMILES string of the molecule is CC1(C)CC2=CC3=C(/C(O)=C/C(=O)c4ccc5ccccc5c4)C(=O)OC3(C)C(=O)C2=CO1. The van der Waals surface area contributed by atoms with Crippen LogP contribution in [0.3, 0.4) is 0 Å². The Morgan fingerprint density at radius 3 is 2.55 bits per heavy atom. The summed E-state index contributed by atoms with van der Waals surface area (Å²) in [6, 6.07) is 12.8. The summed E-state index contributed by atoms with van der Waals surface area (Å²) < 4.78 is 11.1. The van der Waals surface area contributed by atoms with Gasteiger partial charge in [0.1, 0.15) is 16.9 Å². The molecule has 0 saturated heterocycles. The molecule has 3 aliphatic rings. The van der Waals surface area contributed by atoms with Gasteiger partial charge in [-0.15, -0.1) is 0 Å². The largest absolute Gasteiger partial charge is 0.507 e. The summed E-state index contributed by atoms with van der Waals surface area (Å²) in [5.41, 5.74) is -0.594. The zero-order valence-electron chi connectivity index (χ0n) is 18.5. The fourth-order valence-electron chi connectivity index (χ4n) is 4.53. The number of Topliss-reactive ketones (excluding diaryl/α,β-unsaturated/α-hetero) is 1. The van der Waals surface area contributed by atoms with Crippen LogP contribution in [-0.2, 0) is 19.1 Å². The summed E-state index contributed by atoms with van der Waals surface area (Å²) in [5, 5.41) is 12.7. The molecule has 2 heterocycles. The van der Waals surface area contributed by atoms with Crippen molar-refractivity contribution in [1.29, 1.82) is 0 Å². The predicted octanol–water partition coefficient (Wildman–Crippen LogP) is 4.67. The summed E-state index contributed by atoms with van der Waals surface area (Å²) in [4.78, 5) is 38.8. The molecule has 0 radical (unpaired) electrons. The van der Waals surface area contributed by atoms with Gasteiger partial charge in [-0.25, -0.2) is 4.79 Å². The van der Waals surface area contributed by atoms with Crippen LogP contribution in [0.25, 0.3) is 10.8 Å². The minimum atomic E-state index is -1.58. The smallest absolute Gasteiger partial charge is 0.343 e. The van der Waals surface area contributed by atoms with E-state index < -0.39 is 34.5 Å². The van der Waals surface area contributed by atoms with Gasteiger partial charge in [-0.05, 0) is 49.3 Å². The molecule has 166 valence electrons. The summed E-state index contributed by atoms with van der Waals surface area (Å²) in [6.45, 7) is 5.27. The Morgan fingerprint density at radius 1 is 1.06 bits per heavy atom. The monoisotopic (exact) mass is 442 g/mol. The molecule has 1 N–H and O–H groups in total. The number of carbonyl (C=O) groups is 3. The molecule has 1 unspecified atom stereocenters. The van der Waals surface area contributed by atoms with Gasteiger partial charge in [0.2, 0.25) is 5.78 Å². The van der Waals surface area contributed by atoms with Gasteiger partial charge in [0.25, 0.3) is 0 Å². The molecule has 0 fully saturated rings. The van der Waals surface area contributed by atoms with E-state index in [2.05, 4.69) is 0 Å². The van der Waals surface area contributed by atoms with E-state index in [0.717, 1.165) is 16.8 Å². The number of hydrogen-bond acceptors (Lipinski definition) is 6. The number of esters is 1. The van der Waals surface area contributed by atoms with E-state index in [9.17, 15) is 19.5 Å². The highest BCUT2D eigenvalue weighted by molar-refractivity contribution is 6.16. The highest BCUT2D eigenvalue weighted by Gasteiger charge is 2.54. The first kappa shape index (κ1) is 20.9. The van der Waals surface area contributed by atoms with Crippen molar-refractivity contribution in [1.82, 2.24) is 0 Å². The molecule has 0 aromatic heterocycles. The third-order valence-corrected chi connectivity index (χ3v) is 6.30. The molecular formula is C27H22O6. The first-order valence-corrected chi connectivity index (χ1v) is 10.6. The highest BCUT2D eigenvalue weighted by Crippen LogP contribution is 2.46. The van der Waals surface area contributed by atoms with Crippen molar-refractivity contribution in [2.24, 2.45) is 0 Å². The van der Waals surface area contributed by atoms with E-state index in [-0.39, 0.29) is 11.1 Å². The van der Waals surface area contributed by atoms with Gasteiger partial charge in [-0.2, -0.15) is 0 Å². The molecular weight excluding hydrogens is 420 g/mol. The Labute approximate surface area is 190 Å². The topological polar surface area (TPSA) is 89.9 Å². The van der Waals surface area contributed by atoms with Gasteiger partial charge in [0, 0.05) is 23.6 Å². The lowest BCUT2D eigenvalue weighted by Gasteiger charge is -2.37. The van der Waals surface area contributed by atoms with Crippen molar-refractivity contribution in [3.8, 4) is 0 Å². The van der Waals surface area contributed by atoms with Crippen LogP contribution in [-0.4, -0.2) is 33.8 Å². The lowest BCUT2D eigenvalue weighted by molar-refractivity contribution is -0.153. The predicted molar refractivity (Wildman–Crippen MR) is 121 cm³/mol. The molecule has 0 amide bonds. The molecule has 2 aliphatic heterocycles. The molecule has 6 heteroatoms. The average molecular weight is 442 g/mol. The van der Waals surface area contributed by atoms with Gasteiger partial charge in [0.15, 0.2) is 11.4 Å². The van der Waals surface area contributed by atoms with Gasteiger partial charge < -0.3 is 14.6 Å². The lowest BCUT2D eigenvalue weighted by Crippen LogP contribution is -2.43. The fourth-order valence-corrected chi connectivity index (χ4v) is 4.53. The number of rotatable bonds is 3. The van der Waals surface area contributed by atoms with Crippen molar-refractivity contribution in [2.45, 2.75) is 38.4 Å². The second-order valence-corrected chi connectivity index (χ2v) is 9.25. The average Bonchev–Trinajstić information content (AvgIpc) is 3.03. The van der Waals surface area contributed by atoms with Crippen LogP contribution in [0.15, 0.2) is 88.9 Å². The molecule has 1 atom stereocenters. The Bertz CT molecular complexity index is 1380. The Hall–Kier alpha value is -3.93. The van der Waals surface area contributed by atoms with Crippen LogP contribution in [0.5, 0.6) is 0 Å². The number of ether oxygens (including phenoxy) is 2. The first-order valence-electron chi connectivity index (χ1n) is 10.6. The van der Waals surface area contributed by atoms with Gasteiger partial charge in [-0.1, -0.05) is 36.4 Å². The third-order valence-electron chi connectivity index (χ3n) is 6.30. The first-order chi connectivity index (χ1) is 15.6. The van der Waals surface area contributed by atoms with Crippen molar-refractivity contribution < 1.29 is 29.0 Å². The standard InChI is InChI=1S/C27H22O6/c1-26(2)13-18-11-20-23(25(31)33-27(20,3)24(30)19(18)14-32-26)22(29)12-21(28)17-9-8-15-6-4-5-7-16(15)10-17/h4-12,14,29H,13H2,1-3H3/b22-12-. The number of hydrogen-bond donors (Lipinski definition) is 1. The van der Waals surface area contributed by atoms with E-state index in [0.29, 0.717) is 23.1 Å². The summed E-state index contributed by atoms with van der Waals surface area (Å²) in [5.74, 6) is -2.25. The number of aliphatic hydroxyl groups is 1. The lowest BCUT2D eigenvalue weighted by atomic mass is 9.74. The fraction of sp³-hybridized carbons (Fsp3) is 0.222. The van der Waals surface area contributed by atoms with Crippen LogP contribution < -0.4 is 0 Å². The maximum absolute atomic E-state index is 13.2. The van der Waals surface area contributed by atoms with Crippen molar-refractivity contribution in [2.75, 3.05) is 0 Å². The van der Waals surface area contributed by atoms with Gasteiger partial charge in [-0.3, -0.25) is 9.59 Å². The minimum absolute atomic E-state index is 0.171. The molecule has 0 spiro atoms. The molecule has 2 aromatic carbocycles. The van der Waals surface area contributed by atoms with E-state index in [4.69, 9.17) is 9.47 Å². The number of aliphatic hydroxyl groups excluding tert-OH is 1. The van der Waals surface area contributed by atoms with Crippen LogP contribution in [0.2, 0.25) is 0 Å². The highest BCUT2D eigenvalue weighted by atomic mass is 16.6. The van der Waals surface area contributed by atoms with Crippen molar-refractivity contribution in [3.05, 3.63) is 94.5 Å². The molecule has 0 saturated carbocycles. The van der Waals surface area contributed by atoms with E-state index in [1.807, 2.05) is 44.2 Å². The number of benzene rings is 2. The molecule has 1 aliphatic carbocycles. The number of ketones is 2. The van der Waals surface area contributed by atoms with E-state index >= 15 is 0 Å². The van der Waals surface area contributed by atoms with Crippen molar-refractivity contribution >= 4 is 28.3 Å². The zero-order valence-corrected chi connectivity index (χ0v) is 18.5. The Morgan fingerprint density at radius 2 is 1.79 bits per heavy atom. The second-order valence-electron chi connectivity index (χ2n) is 9.25. The van der Waals surface area contributed by atoms with Gasteiger partial charge in [0.05, 0.1) is 11.8 Å². The number of allylic oxidation sites excluding steroid dienone is 1. The molecule has 0 bridgehead atoms. The number of carbonyl (C=O) groups excluding carboxylic acids is 3. The normalized spacial score (nSPS) is 23.9. The van der Waals surface area contributed by atoms with E-state index in [1.165, 1.54) is 13.2 Å². The maximum atomic E-state index is 13.2. The van der Waals surface area contributed by atoms with Crippen LogP contribution in [0.4, 0.5) is 0 Å². The summed E-state index contributed by atoms with van der Waals surface area (Å²) in [6.07, 6.45) is 4.56. The van der Waals surface area contributed by atoms with Crippen LogP contribution in [0, 0.1) is 0 Å². The Balaban J connectivity index is 1.58. The quantitative estimate of drug-likeness (QED) is 0.322. The van der Waals surface area contributed by atoms with Crippen molar-refractivity contribution in [3.63, 3.8) is 0 Å². The summed E-state index contributed by atoms with van der Waals surface area (Å²) in [7, 11) is 0. The molecule has 2 aromatic rings. The Kier molecular flexibility index (Phi) is 4.47. The zero-order chi connectivity index (χ0) is 23.5. The maximum Gasteiger partial charge on any atom is 0.343 e. The van der Waals surface area contributed by atoms with Crippen LogP contribution in [0.1, 0.15) is 37.6 Å². The van der Waals surface area contributed by atoms with Crippen LogP contribution >= 0.6 is 0 Å². The summed E-state index contributed by atoms with van der Waals surface area (Å²) >= 11 is 0. The second kappa shape index (κ2) is 7.04.